The minimum atomic E-state index is -0.282. The van der Waals surface area contributed by atoms with E-state index in [0.29, 0.717) is 24.1 Å². The van der Waals surface area contributed by atoms with E-state index < -0.39 is 0 Å². The number of benzene rings is 1. The number of hydrogen-bond acceptors (Lipinski definition) is 5. The molecule has 1 aliphatic carbocycles. The van der Waals surface area contributed by atoms with Crippen LogP contribution in [0.2, 0.25) is 0 Å². The Morgan fingerprint density at radius 1 is 1.19 bits per heavy atom. The van der Waals surface area contributed by atoms with Crippen molar-refractivity contribution in [1.82, 2.24) is 20.5 Å². The lowest BCUT2D eigenvalue weighted by Crippen LogP contribution is -2.57. The van der Waals surface area contributed by atoms with E-state index in [0.717, 1.165) is 44.2 Å². The molecule has 202 valence electrons. The molecule has 0 atom stereocenters. The van der Waals surface area contributed by atoms with Crippen molar-refractivity contribution in [3.05, 3.63) is 47.8 Å². The second kappa shape index (κ2) is 14.2. The molecule has 2 amide bonds. The molecular formula is C29H49N5O2. The van der Waals surface area contributed by atoms with Gasteiger partial charge < -0.3 is 15.1 Å². The smallest absolute Gasteiger partial charge is 0.256 e. The maximum Gasteiger partial charge on any atom is 0.256 e. The minimum Gasteiger partial charge on any atom is -0.334 e. The summed E-state index contributed by atoms with van der Waals surface area (Å²) in [6, 6.07) is 7.77. The van der Waals surface area contributed by atoms with Crippen LogP contribution in [0.4, 0.5) is 0 Å². The van der Waals surface area contributed by atoms with Crippen LogP contribution in [0, 0.1) is 11.3 Å². The van der Waals surface area contributed by atoms with E-state index in [1.165, 1.54) is 0 Å². The molecule has 1 aromatic carbocycles. The average molecular weight is 500 g/mol. The molecule has 1 aromatic rings. The van der Waals surface area contributed by atoms with Gasteiger partial charge in [-0.05, 0) is 75.6 Å². The van der Waals surface area contributed by atoms with Crippen LogP contribution in [0.15, 0.2) is 41.8 Å². The molecule has 0 aliphatic heterocycles. The summed E-state index contributed by atoms with van der Waals surface area (Å²) in [6.45, 7) is 23.7. The Labute approximate surface area is 219 Å². The van der Waals surface area contributed by atoms with Crippen LogP contribution in [0.3, 0.4) is 0 Å². The molecule has 0 radical (unpaired) electrons. The number of carbonyl (C=O) groups is 2. The summed E-state index contributed by atoms with van der Waals surface area (Å²) >= 11 is 0. The van der Waals surface area contributed by atoms with Crippen LogP contribution in [-0.2, 0) is 11.3 Å². The predicted molar refractivity (Wildman–Crippen MR) is 151 cm³/mol. The molecule has 1 saturated carbocycles. The van der Waals surface area contributed by atoms with Crippen LogP contribution in [-0.4, -0.2) is 54.0 Å². The summed E-state index contributed by atoms with van der Waals surface area (Å²) in [7, 11) is 2.14. The van der Waals surface area contributed by atoms with E-state index in [1.54, 1.807) is 12.1 Å². The van der Waals surface area contributed by atoms with Crippen molar-refractivity contribution in [2.75, 3.05) is 13.6 Å². The maximum absolute atomic E-state index is 12.4. The minimum absolute atomic E-state index is 0.195. The Morgan fingerprint density at radius 3 is 2.19 bits per heavy atom. The summed E-state index contributed by atoms with van der Waals surface area (Å²) in [5, 5.41) is 6.11. The van der Waals surface area contributed by atoms with Gasteiger partial charge in [0.2, 0.25) is 6.41 Å². The Balaban J connectivity index is 0.00000316. The highest BCUT2D eigenvalue weighted by Gasteiger charge is 2.43. The summed E-state index contributed by atoms with van der Waals surface area (Å²) < 4.78 is 0. The third-order valence-corrected chi connectivity index (χ3v) is 7.35. The molecule has 0 aromatic heterocycles. The Morgan fingerprint density at radius 2 is 1.75 bits per heavy atom. The lowest BCUT2D eigenvalue weighted by molar-refractivity contribution is -0.128. The van der Waals surface area contributed by atoms with Crippen molar-refractivity contribution in [2.24, 2.45) is 16.4 Å². The third-order valence-electron chi connectivity index (χ3n) is 7.35. The number of likely N-dealkylation sites (N-methyl/N-ethyl adjacent to an activating group) is 1. The van der Waals surface area contributed by atoms with Gasteiger partial charge in [-0.2, -0.15) is 5.10 Å². The van der Waals surface area contributed by atoms with Crippen molar-refractivity contribution in [2.45, 2.75) is 92.3 Å². The highest BCUT2D eigenvalue weighted by atomic mass is 16.2. The number of carbonyl (C=O) groups excluding carboxylic acids is 2. The van der Waals surface area contributed by atoms with E-state index in [9.17, 15) is 9.59 Å². The molecule has 0 spiro atoms. The van der Waals surface area contributed by atoms with Crippen LogP contribution in [0.1, 0.15) is 90.1 Å². The zero-order valence-electron chi connectivity index (χ0n) is 23.9. The summed E-state index contributed by atoms with van der Waals surface area (Å²) in [5.74, 6) is 0.644. The fraction of sp³-hybridized carbons (Fsp3) is 0.621. The lowest BCUT2D eigenvalue weighted by Gasteiger charge is -2.50. The van der Waals surface area contributed by atoms with Gasteiger partial charge in [-0.15, -0.1) is 0 Å². The standard InChI is InChI=1S/C27H43N5O2.C2H6/c1-20(2)31(8)18-27(15-13-24(14-16-27)26(4,5)6)32(19-33)17-22-9-11-23(12-10-22)25(34)29-21(3)30-28-7;1-2/h9-12,19-20,24,30H,3,7,13-18H2,1-2,4-6,8H3,(H,29,34);1-2H3. The number of amides is 2. The number of nitrogens with one attached hydrogen (secondary N) is 2. The van der Waals surface area contributed by atoms with Crippen molar-refractivity contribution in [3.63, 3.8) is 0 Å². The SMILES string of the molecule is C=NNC(=C)NC(=O)c1ccc(CN(C=O)C2(CN(C)C(C)C)CCC(C(C)(C)C)CC2)cc1.CC. The van der Waals surface area contributed by atoms with Gasteiger partial charge in [-0.3, -0.25) is 15.0 Å². The quantitative estimate of drug-likeness (QED) is 0.243. The van der Waals surface area contributed by atoms with Gasteiger partial charge in [-0.1, -0.05) is 53.3 Å². The molecule has 0 heterocycles. The van der Waals surface area contributed by atoms with Crippen molar-refractivity contribution in [1.29, 1.82) is 0 Å². The molecule has 0 saturated heterocycles. The Hall–Kier alpha value is -2.67. The molecule has 7 heteroatoms. The fourth-order valence-corrected chi connectivity index (χ4v) is 4.81. The zero-order chi connectivity index (χ0) is 27.5. The van der Waals surface area contributed by atoms with E-state index in [1.807, 2.05) is 30.9 Å². The topological polar surface area (TPSA) is 77.0 Å². The molecule has 36 heavy (non-hydrogen) atoms. The van der Waals surface area contributed by atoms with Gasteiger partial charge in [-0.25, -0.2) is 0 Å². The van der Waals surface area contributed by atoms with Gasteiger partial charge in [0.15, 0.2) is 0 Å². The first-order valence-electron chi connectivity index (χ1n) is 13.1. The van der Waals surface area contributed by atoms with Gasteiger partial charge in [0, 0.05) is 31.4 Å². The lowest BCUT2D eigenvalue weighted by atomic mass is 9.66. The van der Waals surface area contributed by atoms with Crippen LogP contribution in [0.25, 0.3) is 0 Å². The number of nitrogens with zero attached hydrogens (tertiary/aromatic N) is 3. The molecule has 1 aliphatic rings. The van der Waals surface area contributed by atoms with Crippen molar-refractivity contribution in [3.8, 4) is 0 Å². The molecule has 0 unspecified atom stereocenters. The van der Waals surface area contributed by atoms with E-state index in [4.69, 9.17) is 0 Å². The number of rotatable bonds is 11. The van der Waals surface area contributed by atoms with Gasteiger partial charge in [0.1, 0.15) is 5.82 Å². The normalized spacial score (nSPS) is 19.7. The van der Waals surface area contributed by atoms with E-state index in [2.05, 4.69) is 75.7 Å². The molecule has 1 fully saturated rings. The van der Waals surface area contributed by atoms with Crippen molar-refractivity contribution >= 4 is 19.0 Å². The molecule has 2 N–H and O–H groups in total. The summed E-state index contributed by atoms with van der Waals surface area (Å²) in [5.41, 5.74) is 4.10. The van der Waals surface area contributed by atoms with E-state index >= 15 is 0 Å². The molecule has 2 rings (SSSR count). The first kappa shape index (κ1) is 31.4. The first-order chi connectivity index (χ1) is 16.9. The second-order valence-electron chi connectivity index (χ2n) is 11.0. The van der Waals surface area contributed by atoms with Crippen LogP contribution in [0.5, 0.6) is 0 Å². The zero-order valence-corrected chi connectivity index (χ0v) is 23.9. The van der Waals surface area contributed by atoms with Gasteiger partial charge >= 0.3 is 0 Å². The van der Waals surface area contributed by atoms with Gasteiger partial charge in [0.05, 0.1) is 5.54 Å². The number of hydrazone groups is 1. The van der Waals surface area contributed by atoms with E-state index in [-0.39, 0.29) is 22.7 Å². The average Bonchev–Trinajstić information content (AvgIpc) is 2.83. The Bertz CT molecular complexity index is 849. The summed E-state index contributed by atoms with van der Waals surface area (Å²) in [6.07, 6.45) is 5.26. The van der Waals surface area contributed by atoms with Crippen LogP contribution < -0.4 is 10.7 Å². The second-order valence-corrected chi connectivity index (χ2v) is 11.0. The molecule has 7 nitrogen and oxygen atoms in total. The Kier molecular flexibility index (Phi) is 12.3. The highest BCUT2D eigenvalue weighted by molar-refractivity contribution is 5.95. The highest BCUT2D eigenvalue weighted by Crippen LogP contribution is 2.44. The predicted octanol–water partition coefficient (Wildman–Crippen LogP) is 5.39. The molecular weight excluding hydrogens is 450 g/mol. The van der Waals surface area contributed by atoms with Crippen molar-refractivity contribution < 1.29 is 9.59 Å². The summed E-state index contributed by atoms with van der Waals surface area (Å²) in [4.78, 5) is 29.1. The fourth-order valence-electron chi connectivity index (χ4n) is 4.81. The maximum atomic E-state index is 12.4. The van der Waals surface area contributed by atoms with Gasteiger partial charge in [0.25, 0.3) is 5.91 Å². The van der Waals surface area contributed by atoms with Crippen LogP contribution >= 0.6 is 0 Å². The number of hydrogen-bond donors (Lipinski definition) is 2. The monoisotopic (exact) mass is 499 g/mol. The largest absolute Gasteiger partial charge is 0.334 e. The molecule has 0 bridgehead atoms. The first-order valence-corrected chi connectivity index (χ1v) is 13.1. The third kappa shape index (κ3) is 8.77.